The highest BCUT2D eigenvalue weighted by Gasteiger charge is 2.36. The summed E-state index contributed by atoms with van der Waals surface area (Å²) in [5.74, 6) is -1.94. The summed E-state index contributed by atoms with van der Waals surface area (Å²) >= 11 is 0. The van der Waals surface area contributed by atoms with Crippen LogP contribution < -0.4 is 5.01 Å². The number of hydrogen-bond acceptors (Lipinski definition) is 3. The molecule has 0 spiro atoms. The van der Waals surface area contributed by atoms with Crippen LogP contribution in [0.15, 0.2) is 78.0 Å². The van der Waals surface area contributed by atoms with Crippen LogP contribution in [0.2, 0.25) is 0 Å². The third kappa shape index (κ3) is 5.10. The lowest BCUT2D eigenvalue weighted by Crippen LogP contribution is -2.21. The van der Waals surface area contributed by atoms with E-state index in [0.29, 0.717) is 11.8 Å². The van der Waals surface area contributed by atoms with Crippen LogP contribution in [0.25, 0.3) is 0 Å². The minimum absolute atomic E-state index is 0.454. The summed E-state index contributed by atoms with van der Waals surface area (Å²) < 4.78 is 36.9. The molecule has 0 atom stereocenters. The molecule has 0 aromatic heterocycles. The molecule has 118 valence electrons. The summed E-state index contributed by atoms with van der Waals surface area (Å²) in [6, 6.07) is 17.6. The molecular formula is C17H13F3N2O. The molecule has 0 N–H and O–H groups in total. The smallest absolute Gasteiger partial charge is 0.285 e. The van der Waals surface area contributed by atoms with Crippen LogP contribution in [0, 0.1) is 0 Å². The number of hydrazone groups is 1. The first-order chi connectivity index (χ1) is 11.0. The average Bonchev–Trinajstić information content (AvgIpc) is 2.55. The maximum Gasteiger partial charge on any atom is 0.454 e. The Balaban J connectivity index is 2.24. The van der Waals surface area contributed by atoms with Gasteiger partial charge >= 0.3 is 6.18 Å². The molecule has 2 rings (SSSR count). The molecular weight excluding hydrogens is 305 g/mol. The first-order valence-corrected chi connectivity index (χ1v) is 6.69. The number of para-hydroxylation sites is 1. The second-order valence-corrected chi connectivity index (χ2v) is 4.51. The summed E-state index contributed by atoms with van der Waals surface area (Å²) in [6.45, 7) is 0. The van der Waals surface area contributed by atoms with Crippen molar-refractivity contribution in [1.29, 1.82) is 0 Å². The van der Waals surface area contributed by atoms with Crippen molar-refractivity contribution >= 4 is 17.7 Å². The van der Waals surface area contributed by atoms with E-state index in [9.17, 15) is 18.0 Å². The zero-order chi connectivity index (χ0) is 16.7. The van der Waals surface area contributed by atoms with Crippen LogP contribution in [-0.4, -0.2) is 18.2 Å². The average molecular weight is 318 g/mol. The maximum atomic E-state index is 12.3. The SMILES string of the molecule is O=C(/C=C/N(/N=C/c1ccccc1)c1ccccc1)C(F)(F)F. The quantitative estimate of drug-likeness (QED) is 0.471. The Labute approximate surface area is 131 Å². The van der Waals surface area contributed by atoms with Crippen LogP contribution in [0.4, 0.5) is 18.9 Å². The molecule has 0 aliphatic rings. The topological polar surface area (TPSA) is 32.7 Å². The molecule has 0 bridgehead atoms. The number of hydrogen-bond donors (Lipinski definition) is 0. The molecule has 2 aromatic carbocycles. The summed E-state index contributed by atoms with van der Waals surface area (Å²) in [5, 5.41) is 5.33. The number of benzene rings is 2. The Morgan fingerprint density at radius 1 is 0.957 bits per heavy atom. The highest BCUT2D eigenvalue weighted by molar-refractivity contribution is 5.94. The first kappa shape index (κ1) is 16.5. The lowest BCUT2D eigenvalue weighted by Gasteiger charge is -2.14. The van der Waals surface area contributed by atoms with E-state index in [-0.39, 0.29) is 0 Å². The lowest BCUT2D eigenvalue weighted by molar-refractivity contribution is -0.165. The highest BCUT2D eigenvalue weighted by atomic mass is 19.4. The van der Waals surface area contributed by atoms with Crippen LogP contribution in [0.3, 0.4) is 0 Å². The molecule has 0 unspecified atom stereocenters. The molecule has 0 radical (unpaired) electrons. The standard InChI is InChI=1S/C17H13F3N2O/c18-17(19,20)16(23)11-12-22(15-9-5-2-6-10-15)21-13-14-7-3-1-4-8-14/h1-13H/b12-11+,21-13+. The van der Waals surface area contributed by atoms with E-state index in [4.69, 9.17) is 0 Å². The van der Waals surface area contributed by atoms with Gasteiger partial charge in [0.15, 0.2) is 0 Å². The van der Waals surface area contributed by atoms with Crippen molar-refractivity contribution in [2.75, 3.05) is 5.01 Å². The van der Waals surface area contributed by atoms with Crippen molar-refractivity contribution < 1.29 is 18.0 Å². The Morgan fingerprint density at radius 3 is 2.09 bits per heavy atom. The molecule has 0 saturated heterocycles. The van der Waals surface area contributed by atoms with Crippen molar-refractivity contribution in [3.63, 3.8) is 0 Å². The summed E-state index contributed by atoms with van der Waals surface area (Å²) in [6.07, 6.45) is -1.96. The number of alkyl halides is 3. The fourth-order valence-electron chi connectivity index (χ4n) is 1.67. The minimum Gasteiger partial charge on any atom is -0.285 e. The van der Waals surface area contributed by atoms with Gasteiger partial charge in [-0.1, -0.05) is 48.5 Å². The lowest BCUT2D eigenvalue weighted by atomic mass is 10.2. The number of halogens is 3. The number of anilines is 1. The Kier molecular flexibility index (Phi) is 5.30. The van der Waals surface area contributed by atoms with Crippen molar-refractivity contribution in [1.82, 2.24) is 0 Å². The van der Waals surface area contributed by atoms with Gasteiger partial charge in [0.25, 0.3) is 5.78 Å². The predicted octanol–water partition coefficient (Wildman–Crippen LogP) is 4.17. The molecule has 0 heterocycles. The predicted molar refractivity (Wildman–Crippen MR) is 83.2 cm³/mol. The number of carbonyl (C=O) groups excluding carboxylic acids is 1. The molecule has 0 amide bonds. The van der Waals surface area contributed by atoms with Crippen molar-refractivity contribution in [2.45, 2.75) is 6.18 Å². The number of carbonyl (C=O) groups is 1. The first-order valence-electron chi connectivity index (χ1n) is 6.69. The van der Waals surface area contributed by atoms with Crippen LogP contribution in [-0.2, 0) is 4.79 Å². The molecule has 0 aliphatic carbocycles. The molecule has 0 fully saturated rings. The molecule has 3 nitrogen and oxygen atoms in total. The second-order valence-electron chi connectivity index (χ2n) is 4.51. The van der Waals surface area contributed by atoms with Gasteiger partial charge in [0.05, 0.1) is 11.9 Å². The number of ketones is 1. The maximum absolute atomic E-state index is 12.3. The van der Waals surface area contributed by atoms with E-state index in [1.165, 1.54) is 11.2 Å². The largest absolute Gasteiger partial charge is 0.454 e. The second kappa shape index (κ2) is 7.40. The third-order valence-electron chi connectivity index (χ3n) is 2.80. The summed E-state index contributed by atoms with van der Waals surface area (Å²) in [7, 11) is 0. The van der Waals surface area contributed by atoms with Crippen molar-refractivity contribution in [3.8, 4) is 0 Å². The normalized spacial score (nSPS) is 12.0. The Hall–Kier alpha value is -2.89. The van der Waals surface area contributed by atoms with Gasteiger partial charge in [-0.15, -0.1) is 0 Å². The monoisotopic (exact) mass is 318 g/mol. The van der Waals surface area contributed by atoms with Crippen molar-refractivity contribution in [3.05, 3.63) is 78.5 Å². The van der Waals surface area contributed by atoms with Gasteiger partial charge < -0.3 is 0 Å². The van der Waals surface area contributed by atoms with E-state index in [0.717, 1.165) is 11.8 Å². The molecule has 0 aliphatic heterocycles. The number of nitrogens with zero attached hydrogens (tertiary/aromatic N) is 2. The minimum atomic E-state index is -4.90. The van der Waals surface area contributed by atoms with E-state index >= 15 is 0 Å². The van der Waals surface area contributed by atoms with Gasteiger partial charge in [-0.3, -0.25) is 4.79 Å². The molecule has 0 saturated carbocycles. The van der Waals surface area contributed by atoms with Gasteiger partial charge in [-0.05, 0) is 17.7 Å². The van der Waals surface area contributed by atoms with Gasteiger partial charge in [0, 0.05) is 12.3 Å². The van der Waals surface area contributed by atoms with E-state index in [1.54, 1.807) is 42.5 Å². The van der Waals surface area contributed by atoms with Crippen LogP contribution in [0.1, 0.15) is 5.56 Å². The van der Waals surface area contributed by atoms with Crippen LogP contribution in [0.5, 0.6) is 0 Å². The van der Waals surface area contributed by atoms with Gasteiger partial charge in [0.1, 0.15) is 0 Å². The van der Waals surface area contributed by atoms with E-state index in [1.807, 2.05) is 18.2 Å². The zero-order valence-corrected chi connectivity index (χ0v) is 11.9. The highest BCUT2D eigenvalue weighted by Crippen LogP contribution is 2.18. The van der Waals surface area contributed by atoms with E-state index in [2.05, 4.69) is 5.10 Å². The number of allylic oxidation sites excluding steroid dienone is 1. The van der Waals surface area contributed by atoms with Gasteiger partial charge in [-0.25, -0.2) is 5.01 Å². The fourth-order valence-corrected chi connectivity index (χ4v) is 1.67. The summed E-state index contributed by atoms with van der Waals surface area (Å²) in [4.78, 5) is 11.0. The third-order valence-corrected chi connectivity index (χ3v) is 2.80. The van der Waals surface area contributed by atoms with Crippen LogP contribution >= 0.6 is 0 Å². The Morgan fingerprint density at radius 2 is 1.52 bits per heavy atom. The summed E-state index contributed by atoms with van der Waals surface area (Å²) in [5.41, 5.74) is 1.31. The van der Waals surface area contributed by atoms with Gasteiger partial charge in [0.2, 0.25) is 0 Å². The van der Waals surface area contributed by atoms with Gasteiger partial charge in [-0.2, -0.15) is 18.3 Å². The fraction of sp³-hybridized carbons (Fsp3) is 0.0588. The van der Waals surface area contributed by atoms with Crippen molar-refractivity contribution in [2.24, 2.45) is 5.10 Å². The molecule has 6 heteroatoms. The van der Waals surface area contributed by atoms with E-state index < -0.39 is 12.0 Å². The number of rotatable bonds is 5. The molecule has 2 aromatic rings. The molecule has 23 heavy (non-hydrogen) atoms. The zero-order valence-electron chi connectivity index (χ0n) is 11.9. The Bertz CT molecular complexity index is 695.